The molecule has 8 heteroatoms. The third-order valence-electron chi connectivity index (χ3n) is 4.19. The Kier molecular flexibility index (Phi) is 5.13. The van der Waals surface area contributed by atoms with Gasteiger partial charge in [-0.25, -0.2) is 0 Å². The predicted molar refractivity (Wildman–Crippen MR) is 84.7 cm³/mol. The third kappa shape index (κ3) is 3.50. The van der Waals surface area contributed by atoms with E-state index in [1.165, 1.54) is 0 Å². The van der Waals surface area contributed by atoms with Gasteiger partial charge in [0.1, 0.15) is 5.41 Å². The highest BCUT2D eigenvalue weighted by molar-refractivity contribution is 6.34. The Bertz CT molecular complexity index is 653. The lowest BCUT2D eigenvalue weighted by Gasteiger charge is -2.24. The molecule has 2 rings (SSSR count). The normalized spacial score (nSPS) is 15.8. The molecule has 0 aliphatic heterocycles. The zero-order valence-electron chi connectivity index (χ0n) is 13.3. The molecular weight excluding hydrogens is 345 g/mol. The fourth-order valence-corrected chi connectivity index (χ4v) is 2.68. The van der Waals surface area contributed by atoms with Crippen LogP contribution in [-0.2, 0) is 15.8 Å². The molecule has 0 bridgehead atoms. The number of hydrogen-bond acceptors (Lipinski definition) is 2. The largest absolute Gasteiger partial charge is 0.416 e. The Hall–Kier alpha value is -1.76. The summed E-state index contributed by atoms with van der Waals surface area (Å²) in [6.45, 7) is 4.54. The molecule has 24 heavy (non-hydrogen) atoms. The van der Waals surface area contributed by atoms with Gasteiger partial charge in [-0.1, -0.05) is 11.6 Å². The standard InChI is InChI=1S/C16H18ClF3N2O2/c1-3-22(4-2)14(24)15(7-8-15)13(23)21-12-9-10(16(18,19)20)5-6-11(12)17/h5-6,9H,3-4,7-8H2,1-2H3,(H,21,23). The number of rotatable bonds is 5. The molecule has 0 saturated heterocycles. The molecule has 132 valence electrons. The van der Waals surface area contributed by atoms with Crippen molar-refractivity contribution in [2.45, 2.75) is 32.9 Å². The Labute approximate surface area is 143 Å². The van der Waals surface area contributed by atoms with Gasteiger partial charge < -0.3 is 10.2 Å². The summed E-state index contributed by atoms with van der Waals surface area (Å²) in [5.41, 5.74) is -2.25. The highest BCUT2D eigenvalue weighted by atomic mass is 35.5. The van der Waals surface area contributed by atoms with Crippen molar-refractivity contribution < 1.29 is 22.8 Å². The summed E-state index contributed by atoms with van der Waals surface area (Å²) in [5.74, 6) is -0.909. The number of nitrogens with one attached hydrogen (secondary N) is 1. The smallest absolute Gasteiger partial charge is 0.342 e. The molecule has 1 aromatic carbocycles. The summed E-state index contributed by atoms with van der Waals surface area (Å²) in [6, 6.07) is 2.69. The first-order chi connectivity index (χ1) is 11.2. The van der Waals surface area contributed by atoms with E-state index in [-0.39, 0.29) is 16.6 Å². The second-order valence-corrected chi connectivity index (χ2v) is 6.11. The molecule has 1 aliphatic carbocycles. The van der Waals surface area contributed by atoms with Gasteiger partial charge in [-0.3, -0.25) is 9.59 Å². The first-order valence-corrected chi connectivity index (χ1v) is 8.01. The van der Waals surface area contributed by atoms with Gasteiger partial charge in [0, 0.05) is 13.1 Å². The number of nitrogens with zero attached hydrogens (tertiary/aromatic N) is 1. The van der Waals surface area contributed by atoms with Gasteiger partial charge >= 0.3 is 6.18 Å². The lowest BCUT2D eigenvalue weighted by atomic mass is 10.0. The Balaban J connectivity index is 2.22. The molecule has 0 atom stereocenters. The summed E-state index contributed by atoms with van der Waals surface area (Å²) < 4.78 is 38.4. The second kappa shape index (κ2) is 6.63. The molecule has 0 spiro atoms. The van der Waals surface area contributed by atoms with Crippen LogP contribution in [0, 0.1) is 5.41 Å². The summed E-state index contributed by atoms with van der Waals surface area (Å²) in [4.78, 5) is 26.5. The van der Waals surface area contributed by atoms with Gasteiger partial charge in [-0.05, 0) is 44.9 Å². The molecule has 1 N–H and O–H groups in total. The third-order valence-corrected chi connectivity index (χ3v) is 4.52. The number of carbonyl (C=O) groups is 2. The number of hydrogen-bond donors (Lipinski definition) is 1. The number of halogens is 4. The molecular formula is C16H18ClF3N2O2. The van der Waals surface area contributed by atoms with Crippen molar-refractivity contribution in [3.8, 4) is 0 Å². The second-order valence-electron chi connectivity index (χ2n) is 5.71. The van der Waals surface area contributed by atoms with E-state index in [1.54, 1.807) is 18.7 Å². The van der Waals surface area contributed by atoms with Crippen molar-refractivity contribution in [1.82, 2.24) is 4.90 Å². The van der Waals surface area contributed by atoms with Crippen LogP contribution < -0.4 is 5.32 Å². The van der Waals surface area contributed by atoms with Crippen molar-refractivity contribution in [3.63, 3.8) is 0 Å². The van der Waals surface area contributed by atoms with Crippen molar-refractivity contribution in [2.75, 3.05) is 18.4 Å². The minimum atomic E-state index is -4.54. The number of amides is 2. The monoisotopic (exact) mass is 362 g/mol. The van der Waals surface area contributed by atoms with Crippen LogP contribution in [0.4, 0.5) is 18.9 Å². The van der Waals surface area contributed by atoms with Crippen LogP contribution >= 0.6 is 11.6 Å². The van der Waals surface area contributed by atoms with Gasteiger partial charge in [-0.15, -0.1) is 0 Å². The van der Waals surface area contributed by atoms with Crippen LogP contribution in [0.2, 0.25) is 5.02 Å². The summed E-state index contributed by atoms with van der Waals surface area (Å²) in [7, 11) is 0. The average Bonchev–Trinajstić information content (AvgIpc) is 3.31. The van der Waals surface area contributed by atoms with E-state index in [4.69, 9.17) is 11.6 Å². The fraction of sp³-hybridized carbons (Fsp3) is 0.500. The molecule has 1 aromatic rings. The molecule has 4 nitrogen and oxygen atoms in total. The number of alkyl halides is 3. The molecule has 1 aliphatic rings. The summed E-state index contributed by atoms with van der Waals surface area (Å²) >= 11 is 5.88. The van der Waals surface area contributed by atoms with E-state index in [2.05, 4.69) is 5.32 Å². The zero-order chi connectivity index (χ0) is 18.1. The first kappa shape index (κ1) is 18.6. The zero-order valence-corrected chi connectivity index (χ0v) is 14.1. The summed E-state index contributed by atoms with van der Waals surface area (Å²) in [5, 5.41) is 2.38. The highest BCUT2D eigenvalue weighted by Crippen LogP contribution is 2.48. The minimum Gasteiger partial charge on any atom is -0.342 e. The van der Waals surface area contributed by atoms with Gasteiger partial charge in [0.25, 0.3) is 0 Å². The van der Waals surface area contributed by atoms with Crippen molar-refractivity contribution >= 4 is 29.1 Å². The maximum atomic E-state index is 12.8. The Morgan fingerprint density at radius 2 is 1.83 bits per heavy atom. The van der Waals surface area contributed by atoms with Crippen LogP contribution in [0.1, 0.15) is 32.3 Å². The molecule has 1 saturated carbocycles. The maximum Gasteiger partial charge on any atom is 0.416 e. The molecule has 2 amide bonds. The van der Waals surface area contributed by atoms with Gasteiger partial charge in [-0.2, -0.15) is 13.2 Å². The molecule has 0 unspecified atom stereocenters. The highest BCUT2D eigenvalue weighted by Gasteiger charge is 2.57. The van der Waals surface area contributed by atoms with Gasteiger partial charge in [0.15, 0.2) is 0 Å². The van der Waals surface area contributed by atoms with E-state index in [9.17, 15) is 22.8 Å². The van der Waals surface area contributed by atoms with Crippen molar-refractivity contribution in [3.05, 3.63) is 28.8 Å². The molecule has 0 aromatic heterocycles. The van der Waals surface area contributed by atoms with Gasteiger partial charge in [0.05, 0.1) is 16.3 Å². The molecule has 0 radical (unpaired) electrons. The molecule has 1 fully saturated rings. The van der Waals surface area contributed by atoms with E-state index in [1.807, 2.05) is 0 Å². The topological polar surface area (TPSA) is 49.4 Å². The van der Waals surface area contributed by atoms with E-state index < -0.39 is 23.1 Å². The van der Waals surface area contributed by atoms with Crippen LogP contribution in [0.3, 0.4) is 0 Å². The van der Waals surface area contributed by atoms with E-state index in [0.717, 1.165) is 18.2 Å². The van der Waals surface area contributed by atoms with Crippen LogP contribution in [0.15, 0.2) is 18.2 Å². The van der Waals surface area contributed by atoms with Gasteiger partial charge in [0.2, 0.25) is 11.8 Å². The van der Waals surface area contributed by atoms with Crippen molar-refractivity contribution in [1.29, 1.82) is 0 Å². The lowest BCUT2D eigenvalue weighted by Crippen LogP contribution is -2.42. The predicted octanol–water partition coefficient (Wildman–Crippen LogP) is 3.95. The number of benzene rings is 1. The summed E-state index contributed by atoms with van der Waals surface area (Å²) in [6.07, 6.45) is -3.78. The lowest BCUT2D eigenvalue weighted by molar-refractivity contribution is -0.142. The Morgan fingerprint density at radius 3 is 2.29 bits per heavy atom. The minimum absolute atomic E-state index is 0.0116. The van der Waals surface area contributed by atoms with Crippen LogP contribution in [0.5, 0.6) is 0 Å². The fourth-order valence-electron chi connectivity index (χ4n) is 2.52. The average molecular weight is 363 g/mol. The Morgan fingerprint density at radius 1 is 1.25 bits per heavy atom. The van der Waals surface area contributed by atoms with E-state index in [0.29, 0.717) is 25.9 Å². The quantitative estimate of drug-likeness (QED) is 0.806. The molecule has 0 heterocycles. The van der Waals surface area contributed by atoms with Crippen molar-refractivity contribution in [2.24, 2.45) is 5.41 Å². The van der Waals surface area contributed by atoms with Crippen LogP contribution in [0.25, 0.3) is 0 Å². The SMILES string of the molecule is CCN(CC)C(=O)C1(C(=O)Nc2cc(C(F)(F)F)ccc2Cl)CC1. The number of anilines is 1. The van der Waals surface area contributed by atoms with E-state index >= 15 is 0 Å². The van der Waals surface area contributed by atoms with Crippen LogP contribution in [-0.4, -0.2) is 29.8 Å². The number of carbonyl (C=O) groups excluding carboxylic acids is 2. The first-order valence-electron chi connectivity index (χ1n) is 7.63. The maximum absolute atomic E-state index is 12.8.